The van der Waals surface area contributed by atoms with Gasteiger partial charge in [0.1, 0.15) is 12.4 Å². The van der Waals surface area contributed by atoms with Gasteiger partial charge in [-0.05, 0) is 50.7 Å². The number of halogens is 1. The fourth-order valence-electron chi connectivity index (χ4n) is 1.82. The van der Waals surface area contributed by atoms with Crippen LogP contribution in [0.25, 0.3) is 0 Å². The molecule has 1 aromatic rings. The highest BCUT2D eigenvalue weighted by molar-refractivity contribution is 5.95. The van der Waals surface area contributed by atoms with Crippen LogP contribution in [0.15, 0.2) is 24.3 Å². The summed E-state index contributed by atoms with van der Waals surface area (Å²) in [6, 6.07) is 5.63. The highest BCUT2D eigenvalue weighted by Crippen LogP contribution is 2.08. The van der Waals surface area contributed by atoms with E-state index in [-0.39, 0.29) is 11.6 Å². The lowest BCUT2D eigenvalue weighted by Crippen LogP contribution is -2.24. The summed E-state index contributed by atoms with van der Waals surface area (Å²) in [6.07, 6.45) is 2.14. The van der Waals surface area contributed by atoms with Gasteiger partial charge in [0.2, 0.25) is 0 Å². The van der Waals surface area contributed by atoms with E-state index in [1.807, 2.05) is 11.9 Å². The molecule has 4 nitrogen and oxygen atoms in total. The molecule has 110 valence electrons. The number of rotatable bonds is 10. The second kappa shape index (κ2) is 9.20. The van der Waals surface area contributed by atoms with Crippen molar-refractivity contribution >= 4 is 12.3 Å². The fourth-order valence-corrected chi connectivity index (χ4v) is 1.82. The fraction of sp³-hybridized carbons (Fsp3) is 0.467. The maximum absolute atomic E-state index is 12.7. The first kappa shape index (κ1) is 16.3. The van der Waals surface area contributed by atoms with Crippen molar-refractivity contribution in [1.29, 1.82) is 0 Å². The van der Waals surface area contributed by atoms with Crippen LogP contribution in [0.2, 0.25) is 0 Å². The van der Waals surface area contributed by atoms with Gasteiger partial charge in [-0.1, -0.05) is 0 Å². The summed E-state index contributed by atoms with van der Waals surface area (Å²) in [4.78, 5) is 23.8. The van der Waals surface area contributed by atoms with Crippen molar-refractivity contribution in [2.24, 2.45) is 0 Å². The summed E-state index contributed by atoms with van der Waals surface area (Å²) in [5.41, 5.74) is 0.555. The summed E-state index contributed by atoms with van der Waals surface area (Å²) in [5.74, 6) is -0.294. The van der Waals surface area contributed by atoms with Crippen LogP contribution in [-0.2, 0) is 9.53 Å². The first-order chi connectivity index (χ1) is 9.63. The monoisotopic (exact) mass is 281 g/mol. The SMILES string of the molecule is CN(CCCCC(=O)c1ccc(F)cc1)CCOC=O. The highest BCUT2D eigenvalue weighted by atomic mass is 19.1. The zero-order valence-electron chi connectivity index (χ0n) is 11.7. The van der Waals surface area contributed by atoms with Gasteiger partial charge in [0.05, 0.1) is 0 Å². The minimum Gasteiger partial charge on any atom is -0.467 e. The lowest BCUT2D eigenvalue weighted by molar-refractivity contribution is -0.129. The molecule has 0 aromatic heterocycles. The largest absolute Gasteiger partial charge is 0.467 e. The van der Waals surface area contributed by atoms with Crippen LogP contribution < -0.4 is 0 Å². The van der Waals surface area contributed by atoms with Gasteiger partial charge in [0, 0.05) is 18.5 Å². The maximum Gasteiger partial charge on any atom is 0.293 e. The molecule has 5 heteroatoms. The van der Waals surface area contributed by atoms with Gasteiger partial charge in [-0.3, -0.25) is 9.59 Å². The molecule has 0 unspecified atom stereocenters. The highest BCUT2D eigenvalue weighted by Gasteiger charge is 2.06. The molecule has 1 rings (SSSR count). The van der Waals surface area contributed by atoms with Crippen LogP contribution in [-0.4, -0.2) is 43.9 Å². The molecule has 0 atom stereocenters. The number of ether oxygens (including phenoxy) is 1. The minimum atomic E-state index is -0.333. The molecule has 0 aliphatic carbocycles. The Morgan fingerprint density at radius 3 is 2.60 bits per heavy atom. The van der Waals surface area contributed by atoms with Gasteiger partial charge in [-0.15, -0.1) is 0 Å². The number of carbonyl (C=O) groups excluding carboxylic acids is 2. The van der Waals surface area contributed by atoms with Gasteiger partial charge >= 0.3 is 0 Å². The van der Waals surface area contributed by atoms with E-state index >= 15 is 0 Å². The van der Waals surface area contributed by atoms with Crippen molar-refractivity contribution in [3.8, 4) is 0 Å². The minimum absolute atomic E-state index is 0.0388. The lowest BCUT2D eigenvalue weighted by Gasteiger charge is -2.15. The van der Waals surface area contributed by atoms with Crippen LogP contribution in [0.4, 0.5) is 4.39 Å². The normalized spacial score (nSPS) is 10.6. The van der Waals surface area contributed by atoms with Gasteiger partial charge < -0.3 is 9.64 Å². The molecule has 0 N–H and O–H groups in total. The number of nitrogens with zero attached hydrogens (tertiary/aromatic N) is 1. The first-order valence-electron chi connectivity index (χ1n) is 6.66. The van der Waals surface area contributed by atoms with Crippen molar-refractivity contribution in [3.63, 3.8) is 0 Å². The van der Waals surface area contributed by atoms with Crippen molar-refractivity contribution in [2.45, 2.75) is 19.3 Å². The number of unbranched alkanes of at least 4 members (excludes halogenated alkanes) is 1. The molecule has 0 saturated heterocycles. The molecule has 0 spiro atoms. The van der Waals surface area contributed by atoms with Gasteiger partial charge in [0.15, 0.2) is 5.78 Å². The van der Waals surface area contributed by atoms with E-state index in [9.17, 15) is 14.0 Å². The predicted molar refractivity (Wildman–Crippen MR) is 74.1 cm³/mol. The zero-order chi connectivity index (χ0) is 14.8. The summed E-state index contributed by atoms with van der Waals surface area (Å²) in [6.45, 7) is 2.35. The molecule has 0 aliphatic rings. The third-order valence-electron chi connectivity index (χ3n) is 3.02. The number of benzene rings is 1. The third kappa shape index (κ3) is 6.43. The Kier molecular flexibility index (Phi) is 7.50. The molecule has 1 aromatic carbocycles. The number of hydrogen-bond acceptors (Lipinski definition) is 4. The van der Waals surface area contributed by atoms with Gasteiger partial charge in [-0.25, -0.2) is 4.39 Å². The maximum atomic E-state index is 12.7. The number of carbonyl (C=O) groups is 2. The van der Waals surface area contributed by atoms with Gasteiger partial charge in [-0.2, -0.15) is 0 Å². The van der Waals surface area contributed by atoms with E-state index in [1.165, 1.54) is 24.3 Å². The second-order valence-corrected chi connectivity index (χ2v) is 4.66. The first-order valence-corrected chi connectivity index (χ1v) is 6.66. The Labute approximate surface area is 118 Å². The Hall–Kier alpha value is -1.75. The standard InChI is InChI=1S/C15H20FNO3/c1-17(10-11-20-12-18)9-3-2-4-15(19)13-5-7-14(16)8-6-13/h5-8,12H,2-4,9-11H2,1H3. The molecular weight excluding hydrogens is 261 g/mol. The summed E-state index contributed by atoms with van der Waals surface area (Å²) in [5, 5.41) is 0. The van der Waals surface area contributed by atoms with E-state index in [1.54, 1.807) is 0 Å². The van der Waals surface area contributed by atoms with Crippen LogP contribution >= 0.6 is 0 Å². The quantitative estimate of drug-likeness (QED) is 0.375. The molecule has 0 heterocycles. The Morgan fingerprint density at radius 1 is 1.25 bits per heavy atom. The molecule has 0 radical (unpaired) electrons. The van der Waals surface area contributed by atoms with E-state index in [2.05, 4.69) is 4.74 Å². The molecule has 0 aliphatic heterocycles. The van der Waals surface area contributed by atoms with Crippen molar-refractivity contribution in [2.75, 3.05) is 26.7 Å². The van der Waals surface area contributed by atoms with Crippen molar-refractivity contribution < 1.29 is 18.7 Å². The predicted octanol–water partition coefficient (Wildman–Crippen LogP) is 2.28. The van der Waals surface area contributed by atoms with Crippen LogP contribution in [0.5, 0.6) is 0 Å². The molecule has 20 heavy (non-hydrogen) atoms. The Morgan fingerprint density at radius 2 is 1.95 bits per heavy atom. The van der Waals surface area contributed by atoms with Crippen LogP contribution in [0.1, 0.15) is 29.6 Å². The molecule has 0 fully saturated rings. The average Bonchev–Trinajstić information content (AvgIpc) is 2.44. The van der Waals surface area contributed by atoms with E-state index in [0.717, 1.165) is 19.4 Å². The van der Waals surface area contributed by atoms with Crippen LogP contribution in [0.3, 0.4) is 0 Å². The van der Waals surface area contributed by atoms with Crippen molar-refractivity contribution in [3.05, 3.63) is 35.6 Å². The van der Waals surface area contributed by atoms with E-state index < -0.39 is 0 Å². The number of likely N-dealkylation sites (N-methyl/N-ethyl adjacent to an activating group) is 1. The third-order valence-corrected chi connectivity index (χ3v) is 3.02. The van der Waals surface area contributed by atoms with Gasteiger partial charge in [0.25, 0.3) is 6.47 Å². The Bertz CT molecular complexity index is 420. The molecule has 0 bridgehead atoms. The topological polar surface area (TPSA) is 46.6 Å². The zero-order valence-corrected chi connectivity index (χ0v) is 11.7. The molecule has 0 saturated carbocycles. The number of Topliss-reactive ketones (excluding diaryl/α,β-unsaturated/α-hetero) is 1. The number of hydrogen-bond donors (Lipinski definition) is 0. The van der Waals surface area contributed by atoms with E-state index in [4.69, 9.17) is 0 Å². The summed E-state index contributed by atoms with van der Waals surface area (Å²) in [7, 11) is 1.94. The smallest absolute Gasteiger partial charge is 0.293 e. The van der Waals surface area contributed by atoms with E-state index in [0.29, 0.717) is 31.6 Å². The summed E-state index contributed by atoms with van der Waals surface area (Å²) < 4.78 is 17.3. The average molecular weight is 281 g/mol. The molecular formula is C15H20FNO3. The Balaban J connectivity index is 2.16. The summed E-state index contributed by atoms with van der Waals surface area (Å²) >= 11 is 0. The number of ketones is 1. The van der Waals surface area contributed by atoms with Crippen molar-refractivity contribution in [1.82, 2.24) is 4.90 Å². The lowest BCUT2D eigenvalue weighted by atomic mass is 10.1. The second-order valence-electron chi connectivity index (χ2n) is 4.66. The van der Waals surface area contributed by atoms with Crippen LogP contribution in [0, 0.1) is 5.82 Å². The molecule has 0 amide bonds.